The Hall–Kier alpha value is -1.34. The molecule has 29 heavy (non-hydrogen) atoms. The summed E-state index contributed by atoms with van der Waals surface area (Å²) in [5, 5.41) is 9.97. The fourth-order valence-electron chi connectivity index (χ4n) is 5.25. The average Bonchev–Trinajstić information content (AvgIpc) is 3.27. The SMILES string of the molecule is CN=C(NCCNC(=O)CC1CCCC1)NCC1(N2CCOCC2)CCCCC1. The molecule has 166 valence electrons. The summed E-state index contributed by atoms with van der Waals surface area (Å²) in [5.41, 5.74) is 0.217. The predicted molar refractivity (Wildman–Crippen MR) is 117 cm³/mol. The van der Waals surface area contributed by atoms with Crippen LogP contribution >= 0.6 is 0 Å². The van der Waals surface area contributed by atoms with E-state index in [0.717, 1.165) is 38.8 Å². The molecule has 0 aromatic heterocycles. The molecule has 0 atom stereocenters. The number of hydrogen-bond acceptors (Lipinski definition) is 4. The first kappa shape index (κ1) is 22.3. The number of nitrogens with zero attached hydrogens (tertiary/aromatic N) is 2. The second-order valence-corrected chi connectivity index (χ2v) is 8.94. The molecule has 7 heteroatoms. The smallest absolute Gasteiger partial charge is 0.220 e. The van der Waals surface area contributed by atoms with Crippen molar-refractivity contribution in [1.82, 2.24) is 20.9 Å². The third-order valence-corrected chi connectivity index (χ3v) is 6.96. The summed E-state index contributed by atoms with van der Waals surface area (Å²) < 4.78 is 5.58. The summed E-state index contributed by atoms with van der Waals surface area (Å²) in [6.07, 6.45) is 12.1. The zero-order valence-electron chi connectivity index (χ0n) is 18.3. The topological polar surface area (TPSA) is 78.0 Å². The highest BCUT2D eigenvalue weighted by atomic mass is 16.5. The summed E-state index contributed by atoms with van der Waals surface area (Å²) in [4.78, 5) is 19.1. The zero-order chi connectivity index (χ0) is 20.4. The summed E-state index contributed by atoms with van der Waals surface area (Å²) in [6.45, 7) is 5.99. The maximum atomic E-state index is 12.1. The summed E-state index contributed by atoms with van der Waals surface area (Å²) in [7, 11) is 1.82. The Kier molecular flexibility index (Phi) is 9.05. The zero-order valence-corrected chi connectivity index (χ0v) is 18.3. The van der Waals surface area contributed by atoms with Gasteiger partial charge in [-0.3, -0.25) is 14.7 Å². The van der Waals surface area contributed by atoms with E-state index in [1.54, 1.807) is 0 Å². The van der Waals surface area contributed by atoms with Crippen molar-refractivity contribution in [2.45, 2.75) is 69.7 Å². The maximum Gasteiger partial charge on any atom is 0.220 e. The van der Waals surface area contributed by atoms with Crippen LogP contribution < -0.4 is 16.0 Å². The van der Waals surface area contributed by atoms with E-state index in [9.17, 15) is 4.79 Å². The Bertz CT molecular complexity index is 521. The highest BCUT2D eigenvalue weighted by molar-refractivity contribution is 5.80. The number of amides is 1. The van der Waals surface area contributed by atoms with Crippen LogP contribution in [0.1, 0.15) is 64.2 Å². The minimum absolute atomic E-state index is 0.190. The average molecular weight is 408 g/mol. The number of carbonyl (C=O) groups excluding carboxylic acids is 1. The molecule has 3 fully saturated rings. The van der Waals surface area contributed by atoms with Gasteiger partial charge in [-0.2, -0.15) is 0 Å². The van der Waals surface area contributed by atoms with E-state index in [0.29, 0.717) is 25.4 Å². The van der Waals surface area contributed by atoms with Crippen molar-refractivity contribution in [3.8, 4) is 0 Å². The van der Waals surface area contributed by atoms with Gasteiger partial charge in [-0.25, -0.2) is 0 Å². The van der Waals surface area contributed by atoms with E-state index < -0.39 is 0 Å². The van der Waals surface area contributed by atoms with Gasteiger partial charge in [-0.05, 0) is 31.6 Å². The van der Waals surface area contributed by atoms with Gasteiger partial charge in [0.25, 0.3) is 0 Å². The third-order valence-electron chi connectivity index (χ3n) is 6.96. The van der Waals surface area contributed by atoms with E-state index in [1.165, 1.54) is 57.8 Å². The minimum atomic E-state index is 0.190. The lowest BCUT2D eigenvalue weighted by Gasteiger charge is -2.48. The van der Waals surface area contributed by atoms with Crippen LogP contribution in [0.3, 0.4) is 0 Å². The quantitative estimate of drug-likeness (QED) is 0.325. The summed E-state index contributed by atoms with van der Waals surface area (Å²) in [5.74, 6) is 1.62. The number of ether oxygens (including phenoxy) is 1. The molecule has 1 saturated heterocycles. The van der Waals surface area contributed by atoms with Crippen LogP contribution in [0.15, 0.2) is 4.99 Å². The van der Waals surface area contributed by atoms with Crippen molar-refractivity contribution in [1.29, 1.82) is 0 Å². The molecule has 0 spiro atoms. The summed E-state index contributed by atoms with van der Waals surface area (Å²) in [6, 6.07) is 0. The first-order valence-electron chi connectivity index (χ1n) is 11.8. The number of carbonyl (C=O) groups is 1. The highest BCUT2D eigenvalue weighted by Gasteiger charge is 2.38. The van der Waals surface area contributed by atoms with Crippen molar-refractivity contribution in [2.75, 3.05) is 53.0 Å². The second-order valence-electron chi connectivity index (χ2n) is 8.94. The molecule has 1 amide bonds. The Labute approximate surface area is 176 Å². The molecule has 3 N–H and O–H groups in total. The molecule has 2 saturated carbocycles. The van der Waals surface area contributed by atoms with Crippen LogP contribution in [-0.4, -0.2) is 75.3 Å². The Balaban J connectivity index is 1.38. The van der Waals surface area contributed by atoms with Crippen molar-refractivity contribution >= 4 is 11.9 Å². The highest BCUT2D eigenvalue weighted by Crippen LogP contribution is 2.33. The molecule has 1 aliphatic heterocycles. The number of rotatable bonds is 8. The van der Waals surface area contributed by atoms with Crippen molar-refractivity contribution in [3.05, 3.63) is 0 Å². The molecular weight excluding hydrogens is 366 g/mol. The van der Waals surface area contributed by atoms with Crippen LogP contribution in [0.2, 0.25) is 0 Å². The standard InChI is InChI=1S/C22H41N5O2/c1-23-21(25-12-11-24-20(28)17-19-7-3-4-8-19)26-18-22(9-5-2-6-10-22)27-13-15-29-16-14-27/h19H,2-18H2,1H3,(H,24,28)(H2,23,25,26). The van der Waals surface area contributed by atoms with E-state index in [4.69, 9.17) is 4.74 Å². The van der Waals surface area contributed by atoms with Crippen molar-refractivity contribution < 1.29 is 9.53 Å². The molecule has 3 rings (SSSR count). The van der Waals surface area contributed by atoms with Crippen molar-refractivity contribution in [2.24, 2.45) is 10.9 Å². The molecule has 7 nitrogen and oxygen atoms in total. The molecule has 0 bridgehead atoms. The normalized spacial score (nSPS) is 23.7. The first-order chi connectivity index (χ1) is 14.2. The van der Waals surface area contributed by atoms with Crippen LogP contribution in [0.25, 0.3) is 0 Å². The predicted octanol–water partition coefficient (Wildman–Crippen LogP) is 1.88. The minimum Gasteiger partial charge on any atom is -0.379 e. The van der Waals surface area contributed by atoms with Gasteiger partial charge in [-0.15, -0.1) is 0 Å². The van der Waals surface area contributed by atoms with E-state index >= 15 is 0 Å². The molecule has 0 unspecified atom stereocenters. The van der Waals surface area contributed by atoms with E-state index in [-0.39, 0.29) is 11.4 Å². The van der Waals surface area contributed by atoms with E-state index in [2.05, 4.69) is 25.8 Å². The molecule has 2 aliphatic carbocycles. The van der Waals surface area contributed by atoms with Gasteiger partial charge in [0.2, 0.25) is 5.91 Å². The Morgan fingerprint density at radius 1 is 1.00 bits per heavy atom. The van der Waals surface area contributed by atoms with Crippen LogP contribution in [0, 0.1) is 5.92 Å². The second kappa shape index (κ2) is 11.7. The summed E-state index contributed by atoms with van der Waals surface area (Å²) >= 11 is 0. The largest absolute Gasteiger partial charge is 0.379 e. The maximum absolute atomic E-state index is 12.1. The lowest BCUT2D eigenvalue weighted by atomic mass is 9.80. The molecule has 0 aromatic rings. The van der Waals surface area contributed by atoms with Gasteiger partial charge in [-0.1, -0.05) is 32.1 Å². The number of morpholine rings is 1. The fourth-order valence-corrected chi connectivity index (χ4v) is 5.25. The number of hydrogen-bond donors (Lipinski definition) is 3. The molecule has 0 radical (unpaired) electrons. The van der Waals surface area contributed by atoms with Gasteiger partial charge in [0, 0.05) is 51.7 Å². The molecule has 3 aliphatic rings. The van der Waals surface area contributed by atoms with Gasteiger partial charge in [0.1, 0.15) is 0 Å². The Morgan fingerprint density at radius 2 is 1.69 bits per heavy atom. The van der Waals surface area contributed by atoms with Gasteiger partial charge < -0.3 is 20.7 Å². The number of nitrogens with one attached hydrogen (secondary N) is 3. The lowest BCUT2D eigenvalue weighted by Crippen LogP contribution is -2.60. The van der Waals surface area contributed by atoms with Gasteiger partial charge in [0.05, 0.1) is 13.2 Å². The van der Waals surface area contributed by atoms with Gasteiger partial charge >= 0.3 is 0 Å². The monoisotopic (exact) mass is 407 g/mol. The van der Waals surface area contributed by atoms with Crippen LogP contribution in [0.5, 0.6) is 0 Å². The van der Waals surface area contributed by atoms with Gasteiger partial charge in [0.15, 0.2) is 5.96 Å². The molecule has 1 heterocycles. The molecular formula is C22H41N5O2. The lowest BCUT2D eigenvalue weighted by molar-refractivity contribution is -0.121. The first-order valence-corrected chi connectivity index (χ1v) is 11.8. The van der Waals surface area contributed by atoms with Crippen molar-refractivity contribution in [3.63, 3.8) is 0 Å². The Morgan fingerprint density at radius 3 is 2.38 bits per heavy atom. The van der Waals surface area contributed by atoms with E-state index in [1.807, 2.05) is 7.05 Å². The third kappa shape index (κ3) is 6.85. The fraction of sp³-hybridized carbons (Fsp3) is 0.909. The molecule has 0 aromatic carbocycles. The number of guanidine groups is 1. The van der Waals surface area contributed by atoms with Crippen LogP contribution in [0.4, 0.5) is 0 Å². The van der Waals surface area contributed by atoms with Crippen LogP contribution in [-0.2, 0) is 9.53 Å². The number of aliphatic imine (C=N–C) groups is 1.